The van der Waals surface area contributed by atoms with Gasteiger partial charge in [-0.15, -0.1) is 10.2 Å². The second-order valence-electron chi connectivity index (χ2n) is 7.62. The molecule has 0 saturated carbocycles. The van der Waals surface area contributed by atoms with E-state index in [1.165, 1.54) is 29.2 Å². The Bertz CT molecular complexity index is 1300. The van der Waals surface area contributed by atoms with E-state index in [4.69, 9.17) is 0 Å². The molecule has 0 unspecified atom stereocenters. The van der Waals surface area contributed by atoms with Gasteiger partial charge in [-0.25, -0.2) is 9.37 Å². The van der Waals surface area contributed by atoms with E-state index in [1.807, 2.05) is 60.7 Å². The highest BCUT2D eigenvalue weighted by molar-refractivity contribution is 7.99. The van der Waals surface area contributed by atoms with Crippen molar-refractivity contribution in [3.63, 3.8) is 0 Å². The lowest BCUT2D eigenvalue weighted by molar-refractivity contribution is -0.131. The highest BCUT2D eigenvalue weighted by atomic mass is 32.2. The summed E-state index contributed by atoms with van der Waals surface area (Å²) >= 11 is 1.15. The highest BCUT2D eigenvalue weighted by Gasteiger charge is 2.17. The fraction of sp³-hybridized carbons (Fsp3) is 0.115. The van der Waals surface area contributed by atoms with Crippen LogP contribution in [0.3, 0.4) is 0 Å². The summed E-state index contributed by atoms with van der Waals surface area (Å²) in [5, 5.41) is 11.6. The van der Waals surface area contributed by atoms with E-state index >= 15 is 0 Å². The zero-order valence-electron chi connectivity index (χ0n) is 18.9. The van der Waals surface area contributed by atoms with Crippen LogP contribution in [0.1, 0.15) is 0 Å². The molecule has 1 heterocycles. The van der Waals surface area contributed by atoms with Crippen LogP contribution in [0, 0.1) is 5.82 Å². The van der Waals surface area contributed by atoms with Crippen LogP contribution in [-0.2, 0) is 9.59 Å². The van der Waals surface area contributed by atoms with Crippen LogP contribution >= 0.6 is 11.8 Å². The molecule has 0 bridgehead atoms. The zero-order valence-corrected chi connectivity index (χ0v) is 19.7. The van der Waals surface area contributed by atoms with Crippen molar-refractivity contribution in [3.05, 3.63) is 90.7 Å². The summed E-state index contributed by atoms with van der Waals surface area (Å²) < 4.78 is 13.0. The van der Waals surface area contributed by atoms with Gasteiger partial charge in [-0.05, 0) is 24.3 Å². The van der Waals surface area contributed by atoms with Gasteiger partial charge in [0.1, 0.15) is 17.2 Å². The molecule has 9 heteroatoms. The molecule has 1 N–H and O–H groups in total. The minimum atomic E-state index is -0.392. The van der Waals surface area contributed by atoms with E-state index in [0.29, 0.717) is 22.2 Å². The molecule has 0 aliphatic carbocycles. The predicted octanol–water partition coefficient (Wildman–Crippen LogP) is 4.53. The number of anilines is 1. The summed E-state index contributed by atoms with van der Waals surface area (Å²) in [5.74, 6) is -0.993. The smallest absolute Gasteiger partial charge is 0.243 e. The van der Waals surface area contributed by atoms with Crippen molar-refractivity contribution in [3.8, 4) is 22.5 Å². The second-order valence-corrected chi connectivity index (χ2v) is 8.56. The summed E-state index contributed by atoms with van der Waals surface area (Å²) in [5.41, 5.74) is 3.57. The molecule has 2 amide bonds. The van der Waals surface area contributed by atoms with E-state index < -0.39 is 5.82 Å². The van der Waals surface area contributed by atoms with Crippen molar-refractivity contribution >= 4 is 29.3 Å². The van der Waals surface area contributed by atoms with Gasteiger partial charge in [0.05, 0.1) is 12.3 Å². The Hall–Kier alpha value is -4.11. The van der Waals surface area contributed by atoms with Crippen molar-refractivity contribution in [1.29, 1.82) is 0 Å². The molecule has 4 rings (SSSR count). The molecular weight excluding hydrogens is 465 g/mol. The first-order valence-corrected chi connectivity index (χ1v) is 11.8. The fourth-order valence-electron chi connectivity index (χ4n) is 3.23. The fourth-order valence-corrected chi connectivity index (χ4v) is 3.96. The number of nitrogens with one attached hydrogen (secondary N) is 1. The van der Waals surface area contributed by atoms with E-state index in [0.717, 1.165) is 22.9 Å². The van der Waals surface area contributed by atoms with Crippen LogP contribution in [0.5, 0.6) is 0 Å². The molecule has 7 nitrogen and oxygen atoms in total. The maximum Gasteiger partial charge on any atom is 0.243 e. The topological polar surface area (TPSA) is 88.1 Å². The molecule has 0 fully saturated rings. The van der Waals surface area contributed by atoms with Gasteiger partial charge in [0.15, 0.2) is 0 Å². The quantitative estimate of drug-likeness (QED) is 0.367. The number of aromatic nitrogens is 3. The number of thioether (sulfide) groups is 1. The molecule has 0 saturated heterocycles. The number of carbonyl (C=O) groups is 2. The summed E-state index contributed by atoms with van der Waals surface area (Å²) in [6.07, 6.45) is 0. The monoisotopic (exact) mass is 487 g/mol. The third-order valence-corrected chi connectivity index (χ3v) is 5.84. The third kappa shape index (κ3) is 6.48. The lowest BCUT2D eigenvalue weighted by atomic mass is 10.0. The number of halogens is 1. The Labute approximate surface area is 206 Å². The van der Waals surface area contributed by atoms with Crippen LogP contribution in [0.2, 0.25) is 0 Å². The molecule has 3 aromatic carbocycles. The minimum Gasteiger partial charge on any atom is -0.336 e. The lowest BCUT2D eigenvalue weighted by Gasteiger charge is -2.16. The standard InChI is InChI=1S/C26H22FN5O2S/c1-32(16-22(33)28-21-14-12-20(27)13-15-21)23(34)17-35-26-29-24(18-8-4-2-5-9-18)25(30-31-26)19-10-6-3-7-11-19/h2-15H,16-17H2,1H3,(H,28,33). The lowest BCUT2D eigenvalue weighted by Crippen LogP contribution is -2.36. The molecule has 1 aromatic heterocycles. The zero-order chi connectivity index (χ0) is 24.6. The predicted molar refractivity (Wildman–Crippen MR) is 134 cm³/mol. The number of likely N-dealkylation sites (N-methyl/N-ethyl adjacent to an activating group) is 1. The Morgan fingerprint density at radius 2 is 1.46 bits per heavy atom. The third-order valence-electron chi connectivity index (χ3n) is 5.02. The van der Waals surface area contributed by atoms with Crippen molar-refractivity contribution in [1.82, 2.24) is 20.1 Å². The molecule has 4 aromatic rings. The first-order chi connectivity index (χ1) is 17.0. The number of hydrogen-bond donors (Lipinski definition) is 1. The average molecular weight is 488 g/mol. The maximum absolute atomic E-state index is 13.0. The molecule has 0 radical (unpaired) electrons. The van der Waals surface area contributed by atoms with Crippen LogP contribution in [0.25, 0.3) is 22.5 Å². The van der Waals surface area contributed by atoms with Crippen LogP contribution < -0.4 is 5.32 Å². The number of nitrogens with zero attached hydrogens (tertiary/aromatic N) is 4. The Balaban J connectivity index is 1.42. The van der Waals surface area contributed by atoms with E-state index in [9.17, 15) is 14.0 Å². The SMILES string of the molecule is CN(CC(=O)Nc1ccc(F)cc1)C(=O)CSc1nnc(-c2ccccc2)c(-c2ccccc2)n1. The number of rotatable bonds is 8. The van der Waals surface area contributed by atoms with Crippen molar-refractivity contribution in [2.24, 2.45) is 0 Å². The van der Waals surface area contributed by atoms with Gasteiger partial charge in [0.25, 0.3) is 0 Å². The van der Waals surface area contributed by atoms with Gasteiger partial charge >= 0.3 is 0 Å². The van der Waals surface area contributed by atoms with Gasteiger partial charge in [0, 0.05) is 23.9 Å². The molecule has 0 aliphatic rings. The van der Waals surface area contributed by atoms with E-state index in [2.05, 4.69) is 20.5 Å². The van der Waals surface area contributed by atoms with Crippen LogP contribution in [-0.4, -0.2) is 51.2 Å². The van der Waals surface area contributed by atoms with Crippen molar-refractivity contribution in [2.75, 3.05) is 24.7 Å². The largest absolute Gasteiger partial charge is 0.336 e. The molecule has 176 valence electrons. The van der Waals surface area contributed by atoms with Gasteiger partial charge in [-0.1, -0.05) is 72.4 Å². The molecule has 0 atom stereocenters. The maximum atomic E-state index is 13.0. The van der Waals surface area contributed by atoms with Gasteiger partial charge in [-0.3, -0.25) is 9.59 Å². The summed E-state index contributed by atoms with van der Waals surface area (Å²) in [6, 6.07) is 24.8. The van der Waals surface area contributed by atoms with Crippen LogP contribution in [0.4, 0.5) is 10.1 Å². The van der Waals surface area contributed by atoms with Crippen LogP contribution in [0.15, 0.2) is 90.1 Å². The number of benzene rings is 3. The summed E-state index contributed by atoms with van der Waals surface area (Å²) in [7, 11) is 1.54. The van der Waals surface area contributed by atoms with E-state index in [1.54, 1.807) is 7.05 Å². The molecule has 0 aliphatic heterocycles. The number of hydrogen-bond acceptors (Lipinski definition) is 6. The molecule has 0 spiro atoms. The first kappa shape index (κ1) is 24.0. The minimum absolute atomic E-state index is 0.0426. The summed E-state index contributed by atoms with van der Waals surface area (Å²) in [6.45, 7) is -0.141. The van der Waals surface area contributed by atoms with Crippen molar-refractivity contribution in [2.45, 2.75) is 5.16 Å². The first-order valence-electron chi connectivity index (χ1n) is 10.8. The van der Waals surface area contributed by atoms with Gasteiger partial charge in [0.2, 0.25) is 17.0 Å². The van der Waals surface area contributed by atoms with Gasteiger partial charge < -0.3 is 10.2 Å². The Morgan fingerprint density at radius 3 is 2.09 bits per heavy atom. The average Bonchev–Trinajstić information content (AvgIpc) is 2.89. The molecule has 35 heavy (non-hydrogen) atoms. The summed E-state index contributed by atoms with van der Waals surface area (Å²) in [4.78, 5) is 30.8. The van der Waals surface area contributed by atoms with Crippen molar-refractivity contribution < 1.29 is 14.0 Å². The number of carbonyl (C=O) groups excluding carboxylic acids is 2. The van der Waals surface area contributed by atoms with Gasteiger partial charge in [-0.2, -0.15) is 0 Å². The molecular formula is C26H22FN5O2S. The van der Waals surface area contributed by atoms with E-state index in [-0.39, 0.29) is 24.1 Å². The highest BCUT2D eigenvalue weighted by Crippen LogP contribution is 2.29. The Morgan fingerprint density at radius 1 is 0.857 bits per heavy atom. The second kappa shape index (κ2) is 11.3. The Kier molecular flexibility index (Phi) is 7.79. The normalized spacial score (nSPS) is 10.6. The number of amides is 2.